The Bertz CT molecular complexity index is 149. The van der Waals surface area contributed by atoms with Gasteiger partial charge in [-0.15, -0.1) is 0 Å². The fourth-order valence-electron chi connectivity index (χ4n) is 0.378. The van der Waals surface area contributed by atoms with Gasteiger partial charge in [-0.3, -0.25) is 10.1 Å². The van der Waals surface area contributed by atoms with E-state index in [9.17, 15) is 14.0 Å². The fraction of sp³-hybridized carbons (Fsp3) is 0.667. The van der Waals surface area contributed by atoms with E-state index in [-0.39, 0.29) is 6.61 Å². The fourth-order valence-corrected chi connectivity index (χ4v) is 0.378. The molecule has 4 nitrogen and oxygen atoms in total. The Hall–Kier alpha value is -1.13. The molecule has 0 heterocycles. The average Bonchev–Trinajstić information content (AvgIpc) is 2.00. The van der Waals surface area contributed by atoms with Crippen molar-refractivity contribution >= 4 is 12.0 Å². The predicted octanol–water partition coefficient (Wildman–Crippen LogP) is 0.619. The molecule has 0 unspecified atom stereocenters. The third-order valence-electron chi connectivity index (χ3n) is 0.800. The summed E-state index contributed by atoms with van der Waals surface area (Å²) >= 11 is 0. The Labute approximate surface area is 63.7 Å². The summed E-state index contributed by atoms with van der Waals surface area (Å²) in [7, 11) is 0. The molecule has 5 heteroatoms. The van der Waals surface area contributed by atoms with Crippen LogP contribution in [0, 0.1) is 0 Å². The summed E-state index contributed by atoms with van der Waals surface area (Å²) in [6, 6.07) is 0. The van der Waals surface area contributed by atoms with E-state index in [1.54, 1.807) is 5.32 Å². The minimum atomic E-state index is -1.21. The first-order chi connectivity index (χ1) is 5.20. The third kappa shape index (κ3) is 5.32. The summed E-state index contributed by atoms with van der Waals surface area (Å²) < 4.78 is 15.9. The van der Waals surface area contributed by atoms with Crippen LogP contribution in [0.15, 0.2) is 0 Å². The number of imide groups is 1. The number of hydrogen-bond acceptors (Lipinski definition) is 3. The SMILES string of the molecule is CCCOC(=O)NC(=O)CF. The second-order valence-electron chi connectivity index (χ2n) is 1.82. The molecule has 0 aromatic carbocycles. The molecule has 0 fully saturated rings. The maximum atomic E-state index is 11.4. The first kappa shape index (κ1) is 9.87. The van der Waals surface area contributed by atoms with Crippen LogP contribution in [0.25, 0.3) is 0 Å². The smallest absolute Gasteiger partial charge is 0.413 e. The number of alkyl halides is 1. The van der Waals surface area contributed by atoms with Gasteiger partial charge in [0.05, 0.1) is 6.61 Å². The number of amides is 2. The van der Waals surface area contributed by atoms with Crippen molar-refractivity contribution < 1.29 is 18.7 Å². The lowest BCUT2D eigenvalue weighted by molar-refractivity contribution is -0.121. The van der Waals surface area contributed by atoms with Gasteiger partial charge < -0.3 is 4.74 Å². The van der Waals surface area contributed by atoms with Gasteiger partial charge in [-0.25, -0.2) is 9.18 Å². The third-order valence-corrected chi connectivity index (χ3v) is 0.800. The number of alkyl carbamates (subject to hydrolysis) is 1. The standard InChI is InChI=1S/C6H10FNO3/c1-2-3-11-6(10)8-5(9)4-7/h2-4H2,1H3,(H,8,9,10). The molecule has 0 aliphatic carbocycles. The van der Waals surface area contributed by atoms with Crippen LogP contribution in [-0.2, 0) is 9.53 Å². The van der Waals surface area contributed by atoms with E-state index in [1.807, 2.05) is 6.92 Å². The lowest BCUT2D eigenvalue weighted by Gasteiger charge is -2.01. The van der Waals surface area contributed by atoms with Crippen molar-refractivity contribution in [3.63, 3.8) is 0 Å². The van der Waals surface area contributed by atoms with Crippen LogP contribution in [0.3, 0.4) is 0 Å². The van der Waals surface area contributed by atoms with Crippen molar-refractivity contribution in [2.75, 3.05) is 13.3 Å². The van der Waals surface area contributed by atoms with E-state index in [2.05, 4.69) is 4.74 Å². The van der Waals surface area contributed by atoms with Crippen LogP contribution in [-0.4, -0.2) is 25.3 Å². The lowest BCUT2D eigenvalue weighted by Crippen LogP contribution is -2.32. The van der Waals surface area contributed by atoms with Crippen molar-refractivity contribution in [1.29, 1.82) is 0 Å². The summed E-state index contributed by atoms with van der Waals surface area (Å²) in [5.74, 6) is -0.980. The highest BCUT2D eigenvalue weighted by Gasteiger charge is 2.06. The van der Waals surface area contributed by atoms with Crippen LogP contribution in [0.1, 0.15) is 13.3 Å². The Morgan fingerprint density at radius 2 is 2.18 bits per heavy atom. The van der Waals surface area contributed by atoms with Gasteiger partial charge in [0.15, 0.2) is 6.67 Å². The van der Waals surface area contributed by atoms with Gasteiger partial charge in [0.2, 0.25) is 0 Å². The molecular weight excluding hydrogens is 153 g/mol. The molecule has 2 amide bonds. The molecule has 0 rings (SSSR count). The summed E-state index contributed by atoms with van der Waals surface area (Å²) in [6.45, 7) is 0.830. The van der Waals surface area contributed by atoms with Crippen LogP contribution >= 0.6 is 0 Å². The highest BCUT2D eigenvalue weighted by atomic mass is 19.1. The molecule has 11 heavy (non-hydrogen) atoms. The number of halogens is 1. The van der Waals surface area contributed by atoms with E-state index in [4.69, 9.17) is 0 Å². The normalized spacial score (nSPS) is 8.91. The largest absolute Gasteiger partial charge is 0.449 e. The van der Waals surface area contributed by atoms with Gasteiger partial charge in [0.1, 0.15) is 0 Å². The summed E-state index contributed by atoms with van der Waals surface area (Å²) in [5.41, 5.74) is 0. The van der Waals surface area contributed by atoms with Gasteiger partial charge in [-0.05, 0) is 6.42 Å². The molecule has 0 spiro atoms. The van der Waals surface area contributed by atoms with E-state index in [0.717, 1.165) is 0 Å². The van der Waals surface area contributed by atoms with Crippen LogP contribution < -0.4 is 5.32 Å². The minimum Gasteiger partial charge on any atom is -0.449 e. The molecule has 0 saturated carbocycles. The van der Waals surface area contributed by atoms with E-state index >= 15 is 0 Å². The lowest BCUT2D eigenvalue weighted by atomic mass is 10.5. The molecule has 0 aliphatic rings. The zero-order valence-electron chi connectivity index (χ0n) is 6.22. The quantitative estimate of drug-likeness (QED) is 0.663. The van der Waals surface area contributed by atoms with Crippen LogP contribution in [0.4, 0.5) is 9.18 Å². The van der Waals surface area contributed by atoms with E-state index < -0.39 is 18.7 Å². The molecule has 0 aliphatic heterocycles. The maximum absolute atomic E-state index is 11.4. The molecule has 0 bridgehead atoms. The average molecular weight is 163 g/mol. The van der Waals surface area contributed by atoms with Crippen molar-refractivity contribution in [3.05, 3.63) is 0 Å². The molecule has 0 aromatic heterocycles. The zero-order valence-corrected chi connectivity index (χ0v) is 6.22. The Morgan fingerprint density at radius 3 is 2.64 bits per heavy atom. The first-order valence-electron chi connectivity index (χ1n) is 3.23. The molecule has 1 N–H and O–H groups in total. The van der Waals surface area contributed by atoms with Gasteiger partial charge in [0, 0.05) is 0 Å². The topological polar surface area (TPSA) is 55.4 Å². The number of rotatable bonds is 3. The van der Waals surface area contributed by atoms with Crippen molar-refractivity contribution in [1.82, 2.24) is 5.32 Å². The van der Waals surface area contributed by atoms with Gasteiger partial charge >= 0.3 is 6.09 Å². The summed E-state index contributed by atoms with van der Waals surface area (Å²) in [6.07, 6.45) is -0.230. The molecule has 64 valence electrons. The van der Waals surface area contributed by atoms with Crippen LogP contribution in [0.2, 0.25) is 0 Å². The van der Waals surface area contributed by atoms with E-state index in [0.29, 0.717) is 6.42 Å². The zero-order chi connectivity index (χ0) is 8.69. The monoisotopic (exact) mass is 163 g/mol. The number of ether oxygens (including phenoxy) is 1. The van der Waals surface area contributed by atoms with Crippen molar-refractivity contribution in [3.8, 4) is 0 Å². The van der Waals surface area contributed by atoms with Crippen molar-refractivity contribution in [2.24, 2.45) is 0 Å². The Balaban J connectivity index is 3.44. The number of hydrogen-bond donors (Lipinski definition) is 1. The molecule has 0 aromatic rings. The van der Waals surface area contributed by atoms with Gasteiger partial charge in [0.25, 0.3) is 5.91 Å². The molecular formula is C6H10FNO3. The number of carbonyl (C=O) groups excluding carboxylic acids is 2. The molecule has 0 radical (unpaired) electrons. The Morgan fingerprint density at radius 1 is 1.55 bits per heavy atom. The van der Waals surface area contributed by atoms with Crippen molar-refractivity contribution in [2.45, 2.75) is 13.3 Å². The number of carbonyl (C=O) groups is 2. The van der Waals surface area contributed by atoms with E-state index in [1.165, 1.54) is 0 Å². The second-order valence-corrected chi connectivity index (χ2v) is 1.82. The highest BCUT2D eigenvalue weighted by Crippen LogP contribution is 1.81. The second kappa shape index (κ2) is 5.64. The van der Waals surface area contributed by atoms with Gasteiger partial charge in [-0.2, -0.15) is 0 Å². The van der Waals surface area contributed by atoms with Gasteiger partial charge in [-0.1, -0.05) is 6.92 Å². The highest BCUT2D eigenvalue weighted by molar-refractivity contribution is 5.92. The summed E-state index contributed by atoms with van der Waals surface area (Å²) in [5, 5.41) is 1.69. The Kier molecular flexibility index (Phi) is 5.06. The predicted molar refractivity (Wildman–Crippen MR) is 35.8 cm³/mol. The summed E-state index contributed by atoms with van der Waals surface area (Å²) in [4.78, 5) is 20.6. The molecule has 0 atom stereocenters. The first-order valence-corrected chi connectivity index (χ1v) is 3.23. The minimum absolute atomic E-state index is 0.228. The molecule has 0 saturated heterocycles. The number of nitrogens with one attached hydrogen (secondary N) is 1. The van der Waals surface area contributed by atoms with Crippen LogP contribution in [0.5, 0.6) is 0 Å². The maximum Gasteiger partial charge on any atom is 0.413 e.